The first-order valence-corrected chi connectivity index (χ1v) is 4.87. The van der Waals surface area contributed by atoms with Crippen molar-refractivity contribution in [2.24, 2.45) is 0 Å². The van der Waals surface area contributed by atoms with E-state index in [4.69, 9.17) is 23.2 Å². The van der Waals surface area contributed by atoms with Crippen molar-refractivity contribution in [1.29, 1.82) is 0 Å². The second-order valence-electron chi connectivity index (χ2n) is 2.87. The zero-order chi connectivity index (χ0) is 10.8. The number of nitrogens with zero attached hydrogens (tertiary/aromatic N) is 2. The lowest BCUT2D eigenvalue weighted by Crippen LogP contribution is -1.88. The molecule has 0 spiro atoms. The van der Waals surface area contributed by atoms with Crippen LogP contribution in [0.3, 0.4) is 0 Å². The van der Waals surface area contributed by atoms with Crippen LogP contribution in [0.25, 0.3) is 11.3 Å². The largest absolute Gasteiger partial charge is 0.207 e. The summed E-state index contributed by atoms with van der Waals surface area (Å²) in [5, 5.41) is 8.13. The predicted molar refractivity (Wildman–Crippen MR) is 57.4 cm³/mol. The van der Waals surface area contributed by atoms with Crippen molar-refractivity contribution in [2.75, 3.05) is 0 Å². The average Bonchev–Trinajstić information content (AvgIpc) is 2.20. The van der Waals surface area contributed by atoms with E-state index in [1.807, 2.05) is 0 Å². The van der Waals surface area contributed by atoms with Crippen LogP contribution in [0.2, 0.25) is 10.2 Å². The molecule has 0 radical (unpaired) electrons. The van der Waals surface area contributed by atoms with Crippen molar-refractivity contribution in [3.8, 4) is 11.3 Å². The van der Waals surface area contributed by atoms with Gasteiger partial charge in [-0.25, -0.2) is 4.39 Å². The number of benzene rings is 1. The quantitative estimate of drug-likeness (QED) is 0.764. The number of rotatable bonds is 1. The molecule has 2 nitrogen and oxygen atoms in total. The number of halogens is 3. The zero-order valence-electron chi connectivity index (χ0n) is 7.42. The standard InChI is InChI=1S/C10H5Cl2FN2/c11-8-5-6(13)1-2-7(8)9-3-4-10(12)15-14-9/h1-5H. The van der Waals surface area contributed by atoms with Crippen molar-refractivity contribution < 1.29 is 4.39 Å². The van der Waals surface area contributed by atoms with E-state index in [-0.39, 0.29) is 5.82 Å². The highest BCUT2D eigenvalue weighted by Crippen LogP contribution is 2.26. The highest BCUT2D eigenvalue weighted by atomic mass is 35.5. The van der Waals surface area contributed by atoms with Gasteiger partial charge in [0.25, 0.3) is 0 Å². The van der Waals surface area contributed by atoms with E-state index < -0.39 is 0 Å². The maximum absolute atomic E-state index is 12.8. The van der Waals surface area contributed by atoms with Crippen molar-refractivity contribution in [3.05, 3.63) is 46.3 Å². The summed E-state index contributed by atoms with van der Waals surface area (Å²) >= 11 is 11.5. The third kappa shape index (κ3) is 2.25. The van der Waals surface area contributed by atoms with Crippen LogP contribution in [0, 0.1) is 5.82 Å². The molecule has 2 aromatic rings. The Hall–Kier alpha value is -1.19. The number of hydrogen-bond donors (Lipinski definition) is 0. The maximum atomic E-state index is 12.8. The summed E-state index contributed by atoms with van der Waals surface area (Å²) < 4.78 is 12.8. The topological polar surface area (TPSA) is 25.8 Å². The fraction of sp³-hybridized carbons (Fsp3) is 0. The van der Waals surface area contributed by atoms with Gasteiger partial charge in [-0.15, -0.1) is 10.2 Å². The highest BCUT2D eigenvalue weighted by Gasteiger charge is 2.06. The second-order valence-corrected chi connectivity index (χ2v) is 3.66. The smallest absolute Gasteiger partial charge is 0.151 e. The fourth-order valence-electron chi connectivity index (χ4n) is 1.16. The molecule has 0 fully saturated rings. The van der Waals surface area contributed by atoms with E-state index >= 15 is 0 Å². The normalized spacial score (nSPS) is 10.3. The van der Waals surface area contributed by atoms with Crippen LogP contribution < -0.4 is 0 Å². The minimum atomic E-state index is -0.384. The van der Waals surface area contributed by atoms with E-state index in [0.29, 0.717) is 21.4 Å². The summed E-state index contributed by atoms with van der Waals surface area (Å²) in [7, 11) is 0. The van der Waals surface area contributed by atoms with Crippen LogP contribution in [0.1, 0.15) is 0 Å². The van der Waals surface area contributed by atoms with E-state index in [1.54, 1.807) is 18.2 Å². The van der Waals surface area contributed by atoms with Crippen LogP contribution in [-0.4, -0.2) is 10.2 Å². The van der Waals surface area contributed by atoms with E-state index in [1.165, 1.54) is 12.1 Å². The maximum Gasteiger partial charge on any atom is 0.151 e. The SMILES string of the molecule is Fc1ccc(-c2ccc(Cl)nn2)c(Cl)c1. The van der Waals surface area contributed by atoms with Gasteiger partial charge in [0, 0.05) is 5.56 Å². The van der Waals surface area contributed by atoms with Crippen molar-refractivity contribution in [2.45, 2.75) is 0 Å². The molecule has 15 heavy (non-hydrogen) atoms. The molecule has 1 aromatic carbocycles. The molecule has 0 aliphatic rings. The molecular weight excluding hydrogens is 238 g/mol. The molecule has 0 bridgehead atoms. The van der Waals surface area contributed by atoms with Crippen LogP contribution in [0.5, 0.6) is 0 Å². The Kier molecular flexibility index (Phi) is 2.84. The van der Waals surface area contributed by atoms with Crippen molar-refractivity contribution >= 4 is 23.2 Å². The Morgan fingerprint density at radius 2 is 1.80 bits per heavy atom. The first-order valence-electron chi connectivity index (χ1n) is 4.11. The summed E-state index contributed by atoms with van der Waals surface area (Å²) in [6.45, 7) is 0. The highest BCUT2D eigenvalue weighted by molar-refractivity contribution is 6.33. The molecule has 76 valence electrons. The lowest BCUT2D eigenvalue weighted by Gasteiger charge is -2.02. The van der Waals surface area contributed by atoms with E-state index in [9.17, 15) is 4.39 Å². The van der Waals surface area contributed by atoms with Gasteiger partial charge in [0.2, 0.25) is 0 Å². The first-order chi connectivity index (χ1) is 7.16. The van der Waals surface area contributed by atoms with Crippen LogP contribution in [0.15, 0.2) is 30.3 Å². The Balaban J connectivity index is 2.49. The molecule has 2 rings (SSSR count). The van der Waals surface area contributed by atoms with Crippen molar-refractivity contribution in [3.63, 3.8) is 0 Å². The minimum Gasteiger partial charge on any atom is -0.207 e. The third-order valence-corrected chi connectivity index (χ3v) is 2.35. The van der Waals surface area contributed by atoms with Gasteiger partial charge in [-0.05, 0) is 30.3 Å². The van der Waals surface area contributed by atoms with Gasteiger partial charge in [-0.3, -0.25) is 0 Å². The van der Waals surface area contributed by atoms with Gasteiger partial charge < -0.3 is 0 Å². The molecule has 0 saturated heterocycles. The van der Waals surface area contributed by atoms with Crippen molar-refractivity contribution in [1.82, 2.24) is 10.2 Å². The summed E-state index contributed by atoms with van der Waals surface area (Å²) in [6, 6.07) is 7.37. The molecule has 0 aliphatic carbocycles. The molecule has 0 N–H and O–H groups in total. The van der Waals surface area contributed by atoms with Crippen LogP contribution >= 0.6 is 23.2 Å². The summed E-state index contributed by atoms with van der Waals surface area (Å²) in [5.74, 6) is -0.384. The monoisotopic (exact) mass is 242 g/mol. The molecule has 0 unspecified atom stereocenters. The van der Waals surface area contributed by atoms with Gasteiger partial charge in [0.15, 0.2) is 5.15 Å². The number of aromatic nitrogens is 2. The Morgan fingerprint density at radius 3 is 2.40 bits per heavy atom. The predicted octanol–water partition coefficient (Wildman–Crippen LogP) is 3.59. The Morgan fingerprint density at radius 1 is 1.00 bits per heavy atom. The van der Waals surface area contributed by atoms with Gasteiger partial charge in [-0.2, -0.15) is 0 Å². The molecule has 0 aliphatic heterocycles. The average molecular weight is 243 g/mol. The fourth-order valence-corrected chi connectivity index (χ4v) is 1.52. The Bertz CT molecular complexity index is 485. The molecule has 0 amide bonds. The molecule has 1 aromatic heterocycles. The van der Waals surface area contributed by atoms with Gasteiger partial charge in [0.1, 0.15) is 5.82 Å². The first kappa shape index (κ1) is 10.3. The number of hydrogen-bond acceptors (Lipinski definition) is 2. The van der Waals surface area contributed by atoms with E-state index in [0.717, 1.165) is 0 Å². The van der Waals surface area contributed by atoms with Crippen LogP contribution in [0.4, 0.5) is 4.39 Å². The Labute approximate surface area is 95.7 Å². The molecular formula is C10H5Cl2FN2. The van der Waals surface area contributed by atoms with Gasteiger partial charge in [0.05, 0.1) is 10.7 Å². The van der Waals surface area contributed by atoms with Crippen LogP contribution in [-0.2, 0) is 0 Å². The molecule has 1 heterocycles. The zero-order valence-corrected chi connectivity index (χ0v) is 8.93. The lowest BCUT2D eigenvalue weighted by atomic mass is 10.1. The lowest BCUT2D eigenvalue weighted by molar-refractivity contribution is 0.628. The summed E-state index contributed by atoms with van der Waals surface area (Å²) in [6.07, 6.45) is 0. The third-order valence-electron chi connectivity index (χ3n) is 1.84. The summed E-state index contributed by atoms with van der Waals surface area (Å²) in [4.78, 5) is 0. The summed E-state index contributed by atoms with van der Waals surface area (Å²) in [5.41, 5.74) is 1.19. The molecule has 0 atom stereocenters. The van der Waals surface area contributed by atoms with E-state index in [2.05, 4.69) is 10.2 Å². The molecule has 5 heteroatoms. The molecule has 0 saturated carbocycles. The second kappa shape index (κ2) is 4.13. The van der Waals surface area contributed by atoms with Gasteiger partial charge >= 0.3 is 0 Å². The van der Waals surface area contributed by atoms with Gasteiger partial charge in [-0.1, -0.05) is 23.2 Å². The minimum absolute atomic E-state index is 0.298.